The zero-order valence-corrected chi connectivity index (χ0v) is 21.6. The number of ether oxygens (including phenoxy) is 2. The molecule has 4 rings (SSSR count). The van der Waals surface area contributed by atoms with Gasteiger partial charge in [0.1, 0.15) is 0 Å². The van der Waals surface area contributed by atoms with Crippen molar-refractivity contribution in [1.82, 2.24) is 4.90 Å². The third-order valence-electron chi connectivity index (χ3n) is 7.15. The Bertz CT molecular complexity index is 1230. The van der Waals surface area contributed by atoms with Crippen molar-refractivity contribution < 1.29 is 45.4 Å². The van der Waals surface area contributed by atoms with Gasteiger partial charge in [-0.2, -0.15) is 26.3 Å². The molecule has 1 aliphatic carbocycles. The fourth-order valence-electron chi connectivity index (χ4n) is 5.53. The normalized spacial score (nSPS) is 18.8. The molecule has 0 spiro atoms. The first-order valence-corrected chi connectivity index (χ1v) is 12.5. The molecule has 2 aromatic rings. The number of amides is 2. The zero-order chi connectivity index (χ0) is 28.7. The third kappa shape index (κ3) is 5.65. The highest BCUT2D eigenvalue weighted by Gasteiger charge is 2.42. The molecule has 0 saturated carbocycles. The molecule has 6 nitrogen and oxygen atoms in total. The summed E-state index contributed by atoms with van der Waals surface area (Å²) in [5, 5.41) is 0. The van der Waals surface area contributed by atoms with Gasteiger partial charge in [-0.1, -0.05) is 6.07 Å². The van der Waals surface area contributed by atoms with Gasteiger partial charge in [0.2, 0.25) is 0 Å². The summed E-state index contributed by atoms with van der Waals surface area (Å²) in [6.07, 6.45) is -9.14. The van der Waals surface area contributed by atoms with Gasteiger partial charge in [-0.05, 0) is 80.5 Å². The van der Waals surface area contributed by atoms with Gasteiger partial charge in [-0.25, -0.2) is 9.59 Å². The van der Waals surface area contributed by atoms with E-state index in [9.17, 15) is 35.9 Å². The van der Waals surface area contributed by atoms with Crippen LogP contribution in [-0.2, 0) is 41.2 Å². The van der Waals surface area contributed by atoms with E-state index in [1.165, 1.54) is 4.90 Å². The smallest absolute Gasteiger partial charge is 0.416 e. The van der Waals surface area contributed by atoms with Crippen LogP contribution in [0.4, 0.5) is 41.6 Å². The van der Waals surface area contributed by atoms with Gasteiger partial charge in [-0.15, -0.1) is 0 Å². The lowest BCUT2D eigenvalue weighted by atomic mass is 9.85. The Hall–Kier alpha value is -3.44. The standard InChI is InChI=1S/C27H28F6N2O4/c1-4-39-25(37)35-15(2)10-22(23-20-7-5-6-17(20)8-9-21(23)35)34(24(36)38-3)14-16-11-18(26(28,29)30)13-19(12-16)27(31,32)33/h8-9,11-13,15,22H,4-7,10,14H2,1-3H3. The van der Waals surface area contributed by atoms with Crippen molar-refractivity contribution in [2.24, 2.45) is 0 Å². The summed E-state index contributed by atoms with van der Waals surface area (Å²) in [6.45, 7) is 2.97. The summed E-state index contributed by atoms with van der Waals surface area (Å²) in [5.41, 5.74) is -0.241. The van der Waals surface area contributed by atoms with Crippen molar-refractivity contribution in [3.63, 3.8) is 0 Å². The van der Waals surface area contributed by atoms with Crippen LogP contribution in [0.25, 0.3) is 0 Å². The van der Waals surface area contributed by atoms with Gasteiger partial charge in [0.05, 0.1) is 36.6 Å². The number of rotatable bonds is 4. The van der Waals surface area contributed by atoms with E-state index < -0.39 is 54.3 Å². The van der Waals surface area contributed by atoms with Crippen molar-refractivity contribution in [3.05, 3.63) is 63.7 Å². The lowest BCUT2D eigenvalue weighted by Crippen LogP contribution is -2.48. The molecule has 0 saturated heterocycles. The highest BCUT2D eigenvalue weighted by atomic mass is 19.4. The van der Waals surface area contributed by atoms with Crippen LogP contribution in [0.5, 0.6) is 0 Å². The second-order valence-corrected chi connectivity index (χ2v) is 9.67. The van der Waals surface area contributed by atoms with Crippen LogP contribution in [0, 0.1) is 0 Å². The fraction of sp³-hybridized carbons (Fsp3) is 0.481. The summed E-state index contributed by atoms with van der Waals surface area (Å²) in [5.74, 6) is 0. The molecule has 0 aromatic heterocycles. The molecule has 2 amide bonds. The molecule has 2 aromatic carbocycles. The second-order valence-electron chi connectivity index (χ2n) is 9.67. The van der Waals surface area contributed by atoms with E-state index in [0.29, 0.717) is 29.8 Å². The van der Waals surface area contributed by atoms with Crippen molar-refractivity contribution in [3.8, 4) is 0 Å². The molecule has 0 fully saturated rings. The van der Waals surface area contributed by atoms with E-state index in [1.807, 2.05) is 6.07 Å². The second kappa shape index (κ2) is 10.6. The minimum absolute atomic E-state index is 0.0497. The number of fused-ring (bicyclic) bond motifs is 3. The number of hydrogen-bond acceptors (Lipinski definition) is 4. The summed E-state index contributed by atoms with van der Waals surface area (Å²) in [7, 11) is 1.09. The molecule has 12 heteroatoms. The highest BCUT2D eigenvalue weighted by Crippen LogP contribution is 2.46. The number of nitrogens with zero attached hydrogens (tertiary/aromatic N) is 2. The molecular formula is C27H28F6N2O4. The minimum atomic E-state index is -5.03. The summed E-state index contributed by atoms with van der Waals surface area (Å²) in [4.78, 5) is 28.6. The first-order chi connectivity index (χ1) is 18.3. The first-order valence-electron chi connectivity index (χ1n) is 12.5. The monoisotopic (exact) mass is 558 g/mol. The summed E-state index contributed by atoms with van der Waals surface area (Å²) < 4.78 is 91.3. The molecule has 2 aliphatic rings. The Kier molecular flexibility index (Phi) is 7.77. The van der Waals surface area contributed by atoms with Crippen molar-refractivity contribution in [1.29, 1.82) is 0 Å². The molecular weight excluding hydrogens is 530 g/mol. The summed E-state index contributed by atoms with van der Waals surface area (Å²) >= 11 is 0. The number of aryl methyl sites for hydroxylation is 1. The van der Waals surface area contributed by atoms with Crippen molar-refractivity contribution >= 4 is 17.9 Å². The zero-order valence-electron chi connectivity index (χ0n) is 21.6. The summed E-state index contributed by atoms with van der Waals surface area (Å²) in [6, 6.07) is 3.64. The Balaban J connectivity index is 1.85. The van der Waals surface area contributed by atoms with Crippen molar-refractivity contribution in [2.45, 2.75) is 70.5 Å². The lowest BCUT2D eigenvalue weighted by molar-refractivity contribution is -0.143. The molecule has 2 atom stereocenters. The van der Waals surface area contributed by atoms with E-state index in [1.54, 1.807) is 19.9 Å². The molecule has 212 valence electrons. The van der Waals surface area contributed by atoms with Gasteiger partial charge >= 0.3 is 24.5 Å². The SMILES string of the molecule is CCOC(=O)N1c2ccc3c(c2C(N(Cc2cc(C(F)(F)F)cc(C(F)(F)F)c2)C(=O)OC)CC1C)CCC3. The Morgan fingerprint density at radius 3 is 2.23 bits per heavy atom. The van der Waals surface area contributed by atoms with E-state index in [2.05, 4.69) is 0 Å². The number of hydrogen-bond donors (Lipinski definition) is 0. The molecule has 0 N–H and O–H groups in total. The van der Waals surface area contributed by atoms with Crippen LogP contribution in [0.15, 0.2) is 30.3 Å². The van der Waals surface area contributed by atoms with Crippen LogP contribution in [-0.4, -0.2) is 36.8 Å². The third-order valence-corrected chi connectivity index (χ3v) is 7.15. The topological polar surface area (TPSA) is 59.1 Å². The number of anilines is 1. The molecule has 0 bridgehead atoms. The van der Waals surface area contributed by atoms with E-state index in [4.69, 9.17) is 9.47 Å². The molecule has 0 radical (unpaired) electrons. The van der Waals surface area contributed by atoms with Gasteiger partial charge < -0.3 is 9.47 Å². The van der Waals surface area contributed by atoms with E-state index >= 15 is 0 Å². The highest BCUT2D eigenvalue weighted by molar-refractivity contribution is 5.91. The number of methoxy groups -OCH3 is 1. The van der Waals surface area contributed by atoms with Crippen LogP contribution >= 0.6 is 0 Å². The Morgan fingerprint density at radius 2 is 1.67 bits per heavy atom. The number of carbonyl (C=O) groups excluding carboxylic acids is 2. The van der Waals surface area contributed by atoms with Crippen LogP contribution < -0.4 is 4.90 Å². The van der Waals surface area contributed by atoms with Crippen LogP contribution in [0.2, 0.25) is 0 Å². The Morgan fingerprint density at radius 1 is 1.03 bits per heavy atom. The predicted octanol–water partition coefficient (Wildman–Crippen LogP) is 7.28. The number of carbonyl (C=O) groups is 2. The fourth-order valence-corrected chi connectivity index (χ4v) is 5.53. The number of alkyl halides is 6. The first kappa shape index (κ1) is 28.6. The molecule has 39 heavy (non-hydrogen) atoms. The maximum Gasteiger partial charge on any atom is 0.416 e. The minimum Gasteiger partial charge on any atom is -0.453 e. The molecule has 1 aliphatic heterocycles. The molecule has 2 unspecified atom stereocenters. The van der Waals surface area contributed by atoms with Gasteiger partial charge in [0, 0.05) is 18.2 Å². The quantitative estimate of drug-likeness (QED) is 0.370. The lowest BCUT2D eigenvalue weighted by Gasteiger charge is -2.43. The van der Waals surface area contributed by atoms with E-state index in [0.717, 1.165) is 36.0 Å². The average Bonchev–Trinajstić information content (AvgIpc) is 3.34. The van der Waals surface area contributed by atoms with Crippen LogP contribution in [0.3, 0.4) is 0 Å². The molecule has 1 heterocycles. The maximum atomic E-state index is 13.5. The largest absolute Gasteiger partial charge is 0.453 e. The van der Waals surface area contributed by atoms with Crippen LogP contribution in [0.1, 0.15) is 66.1 Å². The van der Waals surface area contributed by atoms with Gasteiger partial charge in [0.15, 0.2) is 0 Å². The maximum absolute atomic E-state index is 13.5. The average molecular weight is 559 g/mol. The Labute approximate surface area is 221 Å². The van der Waals surface area contributed by atoms with E-state index in [-0.39, 0.29) is 24.7 Å². The van der Waals surface area contributed by atoms with Crippen molar-refractivity contribution in [2.75, 3.05) is 18.6 Å². The predicted molar refractivity (Wildman–Crippen MR) is 129 cm³/mol. The van der Waals surface area contributed by atoms with Gasteiger partial charge in [-0.3, -0.25) is 9.80 Å². The number of benzene rings is 2. The van der Waals surface area contributed by atoms with Gasteiger partial charge in [0.25, 0.3) is 0 Å². The number of halogens is 6.